The van der Waals surface area contributed by atoms with Gasteiger partial charge in [-0.1, -0.05) is 12.1 Å². The van der Waals surface area contributed by atoms with Gasteiger partial charge in [0.1, 0.15) is 17.8 Å². The summed E-state index contributed by atoms with van der Waals surface area (Å²) >= 11 is 0. The molecule has 0 bridgehead atoms. The van der Waals surface area contributed by atoms with Gasteiger partial charge in [-0.05, 0) is 23.8 Å². The molecule has 0 unspecified atom stereocenters. The van der Waals surface area contributed by atoms with Gasteiger partial charge < -0.3 is 9.64 Å². The molecule has 0 atom stereocenters. The van der Waals surface area contributed by atoms with Gasteiger partial charge in [-0.2, -0.15) is 0 Å². The fourth-order valence-corrected chi connectivity index (χ4v) is 1.84. The highest BCUT2D eigenvalue weighted by atomic mass is 16.6. The average Bonchev–Trinajstić information content (AvgIpc) is 2.47. The fourth-order valence-electron chi connectivity index (χ4n) is 1.84. The van der Waals surface area contributed by atoms with E-state index in [4.69, 9.17) is 4.74 Å². The van der Waals surface area contributed by atoms with E-state index in [-0.39, 0.29) is 5.69 Å². The first-order valence-corrected chi connectivity index (χ1v) is 6.04. The Morgan fingerprint density at radius 2 is 2.15 bits per heavy atom. The molecular weight excluding hydrogens is 258 g/mol. The summed E-state index contributed by atoms with van der Waals surface area (Å²) < 4.78 is 5.18. The third-order valence-corrected chi connectivity index (χ3v) is 2.89. The van der Waals surface area contributed by atoms with Crippen molar-refractivity contribution >= 4 is 11.5 Å². The van der Waals surface area contributed by atoms with E-state index in [1.165, 1.54) is 12.3 Å². The van der Waals surface area contributed by atoms with Crippen LogP contribution in [0.4, 0.5) is 11.5 Å². The lowest BCUT2D eigenvalue weighted by Gasteiger charge is -2.18. The third-order valence-electron chi connectivity index (χ3n) is 2.89. The SMILES string of the molecule is COc1cccc(CN(C)c2ccc([N+](=O)[O-])cn2)c1. The Labute approximate surface area is 116 Å². The van der Waals surface area contributed by atoms with Crippen molar-refractivity contribution in [3.05, 3.63) is 58.3 Å². The van der Waals surface area contributed by atoms with Crippen LogP contribution in [0.15, 0.2) is 42.6 Å². The summed E-state index contributed by atoms with van der Waals surface area (Å²) in [5.41, 5.74) is 1.07. The van der Waals surface area contributed by atoms with Crippen molar-refractivity contribution < 1.29 is 9.66 Å². The van der Waals surface area contributed by atoms with Gasteiger partial charge in [0.25, 0.3) is 5.69 Å². The molecule has 1 aromatic carbocycles. The van der Waals surface area contributed by atoms with Crippen molar-refractivity contribution in [1.82, 2.24) is 4.98 Å². The van der Waals surface area contributed by atoms with Crippen molar-refractivity contribution in [3.8, 4) is 5.75 Å². The lowest BCUT2D eigenvalue weighted by atomic mass is 10.2. The molecule has 1 heterocycles. The van der Waals surface area contributed by atoms with E-state index in [2.05, 4.69) is 4.98 Å². The van der Waals surface area contributed by atoms with E-state index in [0.717, 1.165) is 11.3 Å². The van der Waals surface area contributed by atoms with Crippen molar-refractivity contribution in [2.75, 3.05) is 19.1 Å². The van der Waals surface area contributed by atoms with E-state index < -0.39 is 4.92 Å². The number of hydrogen-bond donors (Lipinski definition) is 0. The molecule has 0 saturated carbocycles. The minimum absolute atomic E-state index is 0.0106. The molecule has 2 aromatic rings. The molecule has 6 nitrogen and oxygen atoms in total. The van der Waals surface area contributed by atoms with Crippen molar-refractivity contribution in [2.45, 2.75) is 6.54 Å². The van der Waals surface area contributed by atoms with Crippen LogP contribution in [-0.2, 0) is 6.54 Å². The Kier molecular flexibility index (Phi) is 4.14. The van der Waals surface area contributed by atoms with Crippen LogP contribution in [-0.4, -0.2) is 24.1 Å². The predicted molar refractivity (Wildman–Crippen MR) is 76.0 cm³/mol. The zero-order chi connectivity index (χ0) is 14.5. The number of methoxy groups -OCH3 is 1. The monoisotopic (exact) mass is 273 g/mol. The van der Waals surface area contributed by atoms with Crippen molar-refractivity contribution in [3.63, 3.8) is 0 Å². The van der Waals surface area contributed by atoms with E-state index >= 15 is 0 Å². The van der Waals surface area contributed by atoms with E-state index in [1.807, 2.05) is 36.2 Å². The highest BCUT2D eigenvalue weighted by Crippen LogP contribution is 2.18. The number of benzene rings is 1. The van der Waals surface area contributed by atoms with Gasteiger partial charge in [0.2, 0.25) is 0 Å². The molecule has 6 heteroatoms. The molecule has 0 radical (unpaired) electrons. The smallest absolute Gasteiger partial charge is 0.287 e. The van der Waals surface area contributed by atoms with E-state index in [1.54, 1.807) is 13.2 Å². The topological polar surface area (TPSA) is 68.5 Å². The van der Waals surface area contributed by atoms with Crippen molar-refractivity contribution in [1.29, 1.82) is 0 Å². The highest BCUT2D eigenvalue weighted by molar-refractivity contribution is 5.43. The number of nitro groups is 1. The van der Waals surface area contributed by atoms with Gasteiger partial charge >= 0.3 is 0 Å². The first-order chi connectivity index (χ1) is 9.60. The minimum Gasteiger partial charge on any atom is -0.497 e. The number of nitrogens with zero attached hydrogens (tertiary/aromatic N) is 3. The van der Waals surface area contributed by atoms with Gasteiger partial charge in [-0.25, -0.2) is 4.98 Å². The van der Waals surface area contributed by atoms with Crippen molar-refractivity contribution in [2.24, 2.45) is 0 Å². The number of pyridine rings is 1. The van der Waals surface area contributed by atoms with Crippen LogP contribution in [0.2, 0.25) is 0 Å². The molecule has 0 N–H and O–H groups in total. The predicted octanol–water partition coefficient (Wildman–Crippen LogP) is 2.63. The summed E-state index contributed by atoms with van der Waals surface area (Å²) in [5.74, 6) is 1.48. The molecule has 0 saturated heterocycles. The Morgan fingerprint density at radius 3 is 2.75 bits per heavy atom. The number of rotatable bonds is 5. The number of aromatic nitrogens is 1. The summed E-state index contributed by atoms with van der Waals surface area (Å²) in [5, 5.41) is 10.6. The number of anilines is 1. The average molecular weight is 273 g/mol. The van der Waals surface area contributed by atoms with Crippen LogP contribution >= 0.6 is 0 Å². The lowest BCUT2D eigenvalue weighted by molar-refractivity contribution is -0.385. The zero-order valence-corrected chi connectivity index (χ0v) is 11.3. The van der Waals surface area contributed by atoms with Crippen LogP contribution in [0.5, 0.6) is 5.75 Å². The molecular formula is C14H15N3O3. The Bertz CT molecular complexity index is 599. The summed E-state index contributed by atoms with van der Waals surface area (Å²) in [4.78, 5) is 16.1. The zero-order valence-electron chi connectivity index (χ0n) is 11.3. The summed E-state index contributed by atoms with van der Waals surface area (Å²) in [7, 11) is 3.51. The van der Waals surface area contributed by atoms with Crippen LogP contribution in [0.1, 0.15) is 5.56 Å². The van der Waals surface area contributed by atoms with Gasteiger partial charge in [-0.15, -0.1) is 0 Å². The molecule has 20 heavy (non-hydrogen) atoms. The van der Waals surface area contributed by atoms with Gasteiger partial charge in [0.15, 0.2) is 0 Å². The summed E-state index contributed by atoms with van der Waals surface area (Å²) in [6.45, 7) is 0.641. The fraction of sp³-hybridized carbons (Fsp3) is 0.214. The first kappa shape index (κ1) is 13.8. The maximum atomic E-state index is 10.6. The normalized spacial score (nSPS) is 10.1. The minimum atomic E-state index is -0.459. The van der Waals surface area contributed by atoms with E-state index in [0.29, 0.717) is 12.4 Å². The highest BCUT2D eigenvalue weighted by Gasteiger charge is 2.08. The van der Waals surface area contributed by atoms with Gasteiger partial charge in [-0.3, -0.25) is 10.1 Å². The van der Waals surface area contributed by atoms with Gasteiger partial charge in [0, 0.05) is 19.7 Å². The lowest BCUT2D eigenvalue weighted by Crippen LogP contribution is -2.17. The van der Waals surface area contributed by atoms with Gasteiger partial charge in [0.05, 0.1) is 12.0 Å². The molecule has 104 valence electrons. The van der Waals surface area contributed by atoms with Crippen LogP contribution < -0.4 is 9.64 Å². The third kappa shape index (κ3) is 3.23. The molecule has 0 fully saturated rings. The molecule has 0 spiro atoms. The first-order valence-electron chi connectivity index (χ1n) is 6.04. The molecule has 0 aliphatic carbocycles. The second kappa shape index (κ2) is 6.01. The standard InChI is InChI=1S/C14H15N3O3/c1-16(10-11-4-3-5-13(8-11)20-2)14-7-6-12(9-15-14)17(18)19/h3-9H,10H2,1-2H3. The Morgan fingerprint density at radius 1 is 1.35 bits per heavy atom. The molecule has 1 aromatic heterocycles. The van der Waals surface area contributed by atoms with Crippen LogP contribution in [0, 0.1) is 10.1 Å². The molecule has 0 aliphatic heterocycles. The van der Waals surface area contributed by atoms with E-state index in [9.17, 15) is 10.1 Å². The molecule has 0 amide bonds. The summed E-state index contributed by atoms with van der Waals surface area (Å²) in [6.07, 6.45) is 1.26. The summed E-state index contributed by atoms with van der Waals surface area (Å²) in [6, 6.07) is 10.8. The molecule has 2 rings (SSSR count). The Balaban J connectivity index is 2.10. The maximum absolute atomic E-state index is 10.6. The van der Waals surface area contributed by atoms with Crippen LogP contribution in [0.25, 0.3) is 0 Å². The Hall–Kier alpha value is -2.63. The quantitative estimate of drug-likeness (QED) is 0.618. The number of ether oxygens (including phenoxy) is 1. The maximum Gasteiger partial charge on any atom is 0.287 e. The second-order valence-corrected chi connectivity index (χ2v) is 4.34. The second-order valence-electron chi connectivity index (χ2n) is 4.34. The largest absolute Gasteiger partial charge is 0.497 e. The van der Waals surface area contributed by atoms with Crippen LogP contribution in [0.3, 0.4) is 0 Å². The molecule has 0 aliphatic rings. The number of hydrogen-bond acceptors (Lipinski definition) is 5.